The zero-order valence-electron chi connectivity index (χ0n) is 10.7. The number of hydrogen-bond donors (Lipinski definition) is 3. The molecule has 2 aromatic rings. The Kier molecular flexibility index (Phi) is 3.66. The maximum atomic E-state index is 11.3. The quantitative estimate of drug-likeness (QED) is 0.728. The predicted molar refractivity (Wildman–Crippen MR) is 73.3 cm³/mol. The van der Waals surface area contributed by atoms with Crippen LogP contribution in [-0.2, 0) is 6.42 Å². The van der Waals surface area contributed by atoms with E-state index in [9.17, 15) is 9.90 Å². The van der Waals surface area contributed by atoms with Crippen LogP contribution in [-0.4, -0.2) is 27.8 Å². The molecule has 4 N–H and O–H groups in total. The summed E-state index contributed by atoms with van der Waals surface area (Å²) in [5.41, 5.74) is 8.40. The third kappa shape index (κ3) is 2.37. The summed E-state index contributed by atoms with van der Waals surface area (Å²) in [6.07, 6.45) is 1.18. The number of carboxylic acid groups (broad SMARTS) is 1. The molecule has 0 saturated heterocycles. The van der Waals surface area contributed by atoms with Gasteiger partial charge in [-0.3, -0.25) is 0 Å². The van der Waals surface area contributed by atoms with E-state index in [0.717, 1.165) is 10.9 Å². The van der Waals surface area contributed by atoms with Crippen LogP contribution in [0, 0.1) is 6.92 Å². The van der Waals surface area contributed by atoms with Crippen LogP contribution in [0.4, 0.5) is 5.69 Å². The molecule has 0 amide bonds. The fourth-order valence-electron chi connectivity index (χ4n) is 2.26. The van der Waals surface area contributed by atoms with E-state index in [4.69, 9.17) is 10.8 Å². The molecule has 0 radical (unpaired) electrons. The number of aryl methyl sites for hydroxylation is 1. The summed E-state index contributed by atoms with van der Waals surface area (Å²) in [5, 5.41) is 19.0. The highest BCUT2D eigenvalue weighted by molar-refractivity contribution is 5.97. The van der Waals surface area contributed by atoms with Gasteiger partial charge in [0.25, 0.3) is 0 Å². The molecule has 0 saturated carbocycles. The van der Waals surface area contributed by atoms with Crippen LogP contribution in [0.1, 0.15) is 28.0 Å². The summed E-state index contributed by atoms with van der Waals surface area (Å²) < 4.78 is 0. The number of carboxylic acids is 1. The van der Waals surface area contributed by atoms with Crippen LogP contribution >= 0.6 is 0 Å². The van der Waals surface area contributed by atoms with Gasteiger partial charge in [0.2, 0.25) is 0 Å². The van der Waals surface area contributed by atoms with Crippen LogP contribution in [0.15, 0.2) is 18.2 Å². The summed E-state index contributed by atoms with van der Waals surface area (Å²) in [6, 6.07) is 5.40. The number of aromatic carboxylic acids is 1. The number of fused-ring (bicyclic) bond motifs is 1. The first-order valence-corrected chi connectivity index (χ1v) is 6.08. The van der Waals surface area contributed by atoms with Gasteiger partial charge in [-0.25, -0.2) is 9.78 Å². The fourth-order valence-corrected chi connectivity index (χ4v) is 2.26. The molecule has 5 heteroatoms. The zero-order valence-corrected chi connectivity index (χ0v) is 10.7. The first kappa shape index (κ1) is 13.3. The lowest BCUT2D eigenvalue weighted by molar-refractivity contribution is 0.0690. The number of nitrogen functional groups attached to an aromatic ring is 1. The number of aliphatic hydroxyl groups is 1. The molecule has 0 aliphatic carbocycles. The minimum Gasteiger partial charge on any atom is -0.477 e. The van der Waals surface area contributed by atoms with Crippen molar-refractivity contribution in [1.29, 1.82) is 0 Å². The molecule has 0 aliphatic rings. The summed E-state index contributed by atoms with van der Waals surface area (Å²) in [5.74, 6) is -1.06. The molecule has 0 fully saturated rings. The number of aliphatic hydroxyl groups excluding tert-OH is 1. The minimum atomic E-state index is -1.06. The second-order valence-corrected chi connectivity index (χ2v) is 4.44. The third-order valence-electron chi connectivity index (χ3n) is 3.21. The van der Waals surface area contributed by atoms with E-state index in [-0.39, 0.29) is 12.3 Å². The highest BCUT2D eigenvalue weighted by Crippen LogP contribution is 2.27. The Labute approximate surface area is 110 Å². The topological polar surface area (TPSA) is 96.4 Å². The van der Waals surface area contributed by atoms with Gasteiger partial charge in [-0.05, 0) is 37.0 Å². The number of para-hydroxylation sites is 1. The molecule has 100 valence electrons. The summed E-state index contributed by atoms with van der Waals surface area (Å²) in [6.45, 7) is 1.81. The smallest absolute Gasteiger partial charge is 0.354 e. The van der Waals surface area contributed by atoms with Gasteiger partial charge in [0.05, 0.1) is 11.2 Å². The minimum absolute atomic E-state index is 0.0262. The van der Waals surface area contributed by atoms with Gasteiger partial charge in [0.1, 0.15) is 0 Å². The molecule has 0 aliphatic heterocycles. The predicted octanol–water partition coefficient (Wildman–Crippen LogP) is 1.75. The van der Waals surface area contributed by atoms with Gasteiger partial charge in [0, 0.05) is 12.0 Å². The van der Waals surface area contributed by atoms with Gasteiger partial charge in [-0.15, -0.1) is 0 Å². The maximum Gasteiger partial charge on any atom is 0.354 e. The van der Waals surface area contributed by atoms with Crippen molar-refractivity contribution < 1.29 is 15.0 Å². The van der Waals surface area contributed by atoms with Crippen molar-refractivity contribution >= 4 is 22.6 Å². The second kappa shape index (κ2) is 5.24. The highest BCUT2D eigenvalue weighted by atomic mass is 16.4. The number of nitrogens with two attached hydrogens (primary N) is 1. The number of rotatable bonds is 4. The Balaban J connectivity index is 2.76. The van der Waals surface area contributed by atoms with Crippen molar-refractivity contribution in [3.05, 3.63) is 35.0 Å². The van der Waals surface area contributed by atoms with E-state index in [1.54, 1.807) is 13.0 Å². The number of nitrogens with zero attached hydrogens (tertiary/aromatic N) is 1. The van der Waals surface area contributed by atoms with Gasteiger partial charge >= 0.3 is 5.97 Å². The Morgan fingerprint density at radius 3 is 2.79 bits per heavy atom. The van der Waals surface area contributed by atoms with E-state index in [1.807, 2.05) is 12.1 Å². The van der Waals surface area contributed by atoms with Crippen LogP contribution < -0.4 is 5.73 Å². The molecule has 1 heterocycles. The summed E-state index contributed by atoms with van der Waals surface area (Å²) in [4.78, 5) is 15.4. The van der Waals surface area contributed by atoms with Gasteiger partial charge < -0.3 is 15.9 Å². The number of carbonyl (C=O) groups is 1. The molecule has 2 rings (SSSR count). The number of aromatic nitrogens is 1. The van der Waals surface area contributed by atoms with E-state index in [1.165, 1.54) is 0 Å². The largest absolute Gasteiger partial charge is 0.477 e. The average molecular weight is 260 g/mol. The van der Waals surface area contributed by atoms with Gasteiger partial charge in [0.15, 0.2) is 5.69 Å². The van der Waals surface area contributed by atoms with Crippen LogP contribution in [0.5, 0.6) is 0 Å². The van der Waals surface area contributed by atoms with Gasteiger partial charge in [-0.2, -0.15) is 0 Å². The van der Waals surface area contributed by atoms with Gasteiger partial charge in [-0.1, -0.05) is 12.1 Å². The lowest BCUT2D eigenvalue weighted by Crippen LogP contribution is -2.09. The lowest BCUT2D eigenvalue weighted by Gasteiger charge is -2.13. The van der Waals surface area contributed by atoms with Crippen molar-refractivity contribution in [2.24, 2.45) is 0 Å². The molecule has 19 heavy (non-hydrogen) atoms. The first-order valence-electron chi connectivity index (χ1n) is 6.08. The molecule has 1 aromatic heterocycles. The standard InChI is InChI=1S/C14H16N2O3/c1-8-9(5-3-7-17)10-4-2-6-11(15)13(10)16-12(8)14(18)19/h2,4,6,17H,3,5,7,15H2,1H3,(H,18,19). The molecule has 0 spiro atoms. The molecule has 1 aromatic carbocycles. The summed E-state index contributed by atoms with van der Waals surface area (Å²) in [7, 11) is 0. The van der Waals surface area contributed by atoms with E-state index < -0.39 is 5.97 Å². The Morgan fingerprint density at radius 1 is 1.42 bits per heavy atom. The Bertz CT molecular complexity index is 638. The SMILES string of the molecule is Cc1c(C(=O)O)nc2c(N)cccc2c1CCCO. The molecular formula is C14H16N2O3. The van der Waals surface area contributed by atoms with Crippen molar-refractivity contribution in [1.82, 2.24) is 4.98 Å². The molecule has 5 nitrogen and oxygen atoms in total. The lowest BCUT2D eigenvalue weighted by atomic mass is 9.97. The van der Waals surface area contributed by atoms with E-state index in [0.29, 0.717) is 29.6 Å². The van der Waals surface area contributed by atoms with Crippen LogP contribution in [0.25, 0.3) is 10.9 Å². The monoisotopic (exact) mass is 260 g/mol. The number of anilines is 1. The number of pyridine rings is 1. The van der Waals surface area contributed by atoms with Crippen molar-refractivity contribution in [3.8, 4) is 0 Å². The third-order valence-corrected chi connectivity index (χ3v) is 3.21. The van der Waals surface area contributed by atoms with E-state index >= 15 is 0 Å². The van der Waals surface area contributed by atoms with Crippen molar-refractivity contribution in [2.75, 3.05) is 12.3 Å². The van der Waals surface area contributed by atoms with Crippen LogP contribution in [0.3, 0.4) is 0 Å². The van der Waals surface area contributed by atoms with E-state index in [2.05, 4.69) is 4.98 Å². The second-order valence-electron chi connectivity index (χ2n) is 4.44. The summed E-state index contributed by atoms with van der Waals surface area (Å²) >= 11 is 0. The van der Waals surface area contributed by atoms with Crippen molar-refractivity contribution in [2.45, 2.75) is 19.8 Å². The normalized spacial score (nSPS) is 10.8. The number of benzene rings is 1. The first-order chi connectivity index (χ1) is 9.06. The van der Waals surface area contributed by atoms with Crippen LogP contribution in [0.2, 0.25) is 0 Å². The Morgan fingerprint density at radius 2 is 2.16 bits per heavy atom. The maximum absolute atomic E-state index is 11.3. The highest BCUT2D eigenvalue weighted by Gasteiger charge is 2.17. The number of hydrogen-bond acceptors (Lipinski definition) is 4. The zero-order chi connectivity index (χ0) is 14.0. The fraction of sp³-hybridized carbons (Fsp3) is 0.286. The van der Waals surface area contributed by atoms with Crippen molar-refractivity contribution in [3.63, 3.8) is 0 Å². The molecule has 0 atom stereocenters. The molecule has 0 bridgehead atoms. The Hall–Kier alpha value is -2.14. The molecule has 0 unspecified atom stereocenters. The average Bonchev–Trinajstić information content (AvgIpc) is 2.37. The molecular weight excluding hydrogens is 244 g/mol.